The zero-order chi connectivity index (χ0) is 13.7. The second-order valence-corrected chi connectivity index (χ2v) is 5.43. The molecule has 100 valence electrons. The van der Waals surface area contributed by atoms with Gasteiger partial charge in [-0.3, -0.25) is 10.1 Å². The lowest BCUT2D eigenvalue weighted by Gasteiger charge is -2.18. The minimum Gasteiger partial charge on any atom is -0.309 e. The fraction of sp³-hybridized carbons (Fsp3) is 0.500. The average Bonchev–Trinajstić information content (AvgIpc) is 2.26. The van der Waals surface area contributed by atoms with E-state index in [1.54, 1.807) is 6.07 Å². The first-order valence-electron chi connectivity index (χ1n) is 5.71. The van der Waals surface area contributed by atoms with Crippen molar-refractivity contribution < 1.29 is 4.92 Å². The molecule has 0 saturated carbocycles. The Hall–Kier alpha value is -0.980. The Balaban J connectivity index is 2.60. The van der Waals surface area contributed by atoms with Gasteiger partial charge in [0.1, 0.15) is 0 Å². The highest BCUT2D eigenvalue weighted by molar-refractivity contribution is 9.10. The van der Waals surface area contributed by atoms with Crippen molar-refractivity contribution in [1.82, 2.24) is 10.2 Å². The Kier molecular flexibility index (Phi) is 5.71. The van der Waals surface area contributed by atoms with E-state index in [0.29, 0.717) is 12.6 Å². The summed E-state index contributed by atoms with van der Waals surface area (Å²) < 4.78 is 0.765. The van der Waals surface area contributed by atoms with Gasteiger partial charge >= 0.3 is 0 Å². The van der Waals surface area contributed by atoms with Gasteiger partial charge in [0.15, 0.2) is 0 Å². The largest absolute Gasteiger partial charge is 0.309 e. The molecule has 1 rings (SSSR count). The Morgan fingerprint density at radius 1 is 1.50 bits per heavy atom. The lowest BCUT2D eigenvalue weighted by molar-refractivity contribution is -0.384. The fourth-order valence-corrected chi connectivity index (χ4v) is 2.20. The van der Waals surface area contributed by atoms with Crippen LogP contribution < -0.4 is 5.32 Å². The quantitative estimate of drug-likeness (QED) is 0.647. The van der Waals surface area contributed by atoms with E-state index in [-0.39, 0.29) is 5.69 Å². The molecule has 5 nitrogen and oxygen atoms in total. The Morgan fingerprint density at radius 3 is 2.67 bits per heavy atom. The molecule has 0 saturated heterocycles. The molecule has 0 radical (unpaired) electrons. The van der Waals surface area contributed by atoms with Crippen molar-refractivity contribution in [3.63, 3.8) is 0 Å². The van der Waals surface area contributed by atoms with E-state index in [0.717, 1.165) is 16.6 Å². The molecule has 0 heterocycles. The van der Waals surface area contributed by atoms with Crippen molar-refractivity contribution in [1.29, 1.82) is 0 Å². The predicted octanol–water partition coefficient (Wildman–Crippen LogP) is 2.40. The standard InChI is InChI=1S/C12H18BrN3O2/c1-9(8-15(2)3)14-7-10-4-5-11(16(17)18)6-12(10)13/h4-6,9,14H,7-8H2,1-3H3. The summed E-state index contributed by atoms with van der Waals surface area (Å²) in [5.74, 6) is 0. The Bertz CT molecular complexity index is 424. The minimum atomic E-state index is -0.392. The first kappa shape index (κ1) is 15.1. The van der Waals surface area contributed by atoms with Gasteiger partial charge in [0, 0.05) is 35.7 Å². The number of benzene rings is 1. The molecule has 0 spiro atoms. The summed E-state index contributed by atoms with van der Waals surface area (Å²) in [7, 11) is 4.06. The Labute approximate surface area is 115 Å². The second-order valence-electron chi connectivity index (χ2n) is 4.58. The minimum absolute atomic E-state index is 0.104. The highest BCUT2D eigenvalue weighted by Crippen LogP contribution is 2.22. The maximum Gasteiger partial charge on any atom is 0.270 e. The van der Waals surface area contributed by atoms with Crippen LogP contribution in [-0.4, -0.2) is 36.5 Å². The molecule has 1 aromatic carbocycles. The van der Waals surface area contributed by atoms with Gasteiger partial charge in [-0.15, -0.1) is 0 Å². The van der Waals surface area contributed by atoms with Gasteiger partial charge in [0.2, 0.25) is 0 Å². The molecule has 6 heteroatoms. The number of non-ortho nitro benzene ring substituents is 1. The van der Waals surface area contributed by atoms with Crippen LogP contribution in [-0.2, 0) is 6.54 Å². The number of likely N-dealkylation sites (N-methyl/N-ethyl adjacent to an activating group) is 1. The second kappa shape index (κ2) is 6.82. The maximum atomic E-state index is 10.6. The summed E-state index contributed by atoms with van der Waals surface area (Å²) in [5.41, 5.74) is 1.12. The molecule has 1 unspecified atom stereocenters. The predicted molar refractivity (Wildman–Crippen MR) is 75.7 cm³/mol. The number of nitro groups is 1. The number of nitrogens with one attached hydrogen (secondary N) is 1. The van der Waals surface area contributed by atoms with E-state index in [1.807, 2.05) is 14.1 Å². The molecular weight excluding hydrogens is 298 g/mol. The van der Waals surface area contributed by atoms with E-state index < -0.39 is 4.92 Å². The van der Waals surface area contributed by atoms with E-state index in [9.17, 15) is 10.1 Å². The van der Waals surface area contributed by atoms with Crippen molar-refractivity contribution in [3.8, 4) is 0 Å². The van der Waals surface area contributed by atoms with Gasteiger partial charge in [0.05, 0.1) is 4.92 Å². The highest BCUT2D eigenvalue weighted by Gasteiger charge is 2.10. The van der Waals surface area contributed by atoms with Crippen LogP contribution in [0.1, 0.15) is 12.5 Å². The summed E-state index contributed by atoms with van der Waals surface area (Å²) in [6, 6.07) is 5.20. The summed E-state index contributed by atoms with van der Waals surface area (Å²) in [5, 5.41) is 14.0. The lowest BCUT2D eigenvalue weighted by atomic mass is 10.2. The van der Waals surface area contributed by atoms with Crippen LogP contribution >= 0.6 is 15.9 Å². The third-order valence-corrected chi connectivity index (χ3v) is 3.27. The van der Waals surface area contributed by atoms with E-state index in [2.05, 4.69) is 33.1 Å². The summed E-state index contributed by atoms with van der Waals surface area (Å²) >= 11 is 3.36. The van der Waals surface area contributed by atoms with Gasteiger partial charge in [-0.25, -0.2) is 0 Å². The lowest BCUT2D eigenvalue weighted by Crippen LogP contribution is -2.35. The van der Waals surface area contributed by atoms with Gasteiger partial charge in [-0.05, 0) is 32.6 Å². The normalized spacial score (nSPS) is 12.7. The van der Waals surface area contributed by atoms with Crippen molar-refractivity contribution in [3.05, 3.63) is 38.3 Å². The number of hydrogen-bond acceptors (Lipinski definition) is 4. The van der Waals surface area contributed by atoms with Crippen LogP contribution in [0.15, 0.2) is 22.7 Å². The average molecular weight is 316 g/mol. The highest BCUT2D eigenvalue weighted by atomic mass is 79.9. The van der Waals surface area contributed by atoms with Crippen molar-refractivity contribution >= 4 is 21.6 Å². The number of rotatable bonds is 6. The SMILES string of the molecule is CC(CN(C)C)NCc1ccc([N+](=O)[O-])cc1Br. The zero-order valence-corrected chi connectivity index (χ0v) is 12.4. The van der Waals surface area contributed by atoms with Crippen molar-refractivity contribution in [2.45, 2.75) is 19.5 Å². The third-order valence-electron chi connectivity index (χ3n) is 2.53. The first-order chi connectivity index (χ1) is 8.40. The van der Waals surface area contributed by atoms with Crippen LogP contribution in [0.25, 0.3) is 0 Å². The van der Waals surface area contributed by atoms with Crippen LogP contribution in [0, 0.1) is 10.1 Å². The smallest absolute Gasteiger partial charge is 0.270 e. The Morgan fingerprint density at radius 2 is 2.17 bits per heavy atom. The number of halogens is 1. The maximum absolute atomic E-state index is 10.6. The van der Waals surface area contributed by atoms with E-state index >= 15 is 0 Å². The first-order valence-corrected chi connectivity index (χ1v) is 6.50. The molecule has 0 bridgehead atoms. The monoisotopic (exact) mass is 315 g/mol. The van der Waals surface area contributed by atoms with E-state index in [4.69, 9.17) is 0 Å². The van der Waals surface area contributed by atoms with Crippen molar-refractivity contribution in [2.75, 3.05) is 20.6 Å². The molecule has 0 aliphatic heterocycles. The molecule has 18 heavy (non-hydrogen) atoms. The zero-order valence-electron chi connectivity index (χ0n) is 10.8. The van der Waals surface area contributed by atoms with Crippen LogP contribution in [0.3, 0.4) is 0 Å². The van der Waals surface area contributed by atoms with Gasteiger partial charge in [-0.1, -0.05) is 15.9 Å². The third kappa shape index (κ3) is 4.72. The van der Waals surface area contributed by atoms with E-state index in [1.165, 1.54) is 12.1 Å². The number of nitrogens with zero attached hydrogens (tertiary/aromatic N) is 2. The molecule has 0 aromatic heterocycles. The van der Waals surface area contributed by atoms with Crippen LogP contribution in [0.5, 0.6) is 0 Å². The molecule has 1 N–H and O–H groups in total. The topological polar surface area (TPSA) is 58.4 Å². The van der Waals surface area contributed by atoms with Crippen LogP contribution in [0.2, 0.25) is 0 Å². The molecular formula is C12H18BrN3O2. The summed E-state index contributed by atoms with van der Waals surface area (Å²) in [6.07, 6.45) is 0. The van der Waals surface area contributed by atoms with Crippen molar-refractivity contribution in [2.24, 2.45) is 0 Å². The van der Waals surface area contributed by atoms with Gasteiger partial charge in [-0.2, -0.15) is 0 Å². The van der Waals surface area contributed by atoms with Gasteiger partial charge in [0.25, 0.3) is 5.69 Å². The van der Waals surface area contributed by atoms with Gasteiger partial charge < -0.3 is 10.2 Å². The summed E-state index contributed by atoms with van der Waals surface area (Å²) in [6.45, 7) is 3.75. The molecule has 0 fully saturated rings. The molecule has 1 atom stereocenters. The molecule has 1 aromatic rings. The number of nitro benzene ring substituents is 1. The molecule has 0 aliphatic carbocycles. The summed E-state index contributed by atoms with van der Waals surface area (Å²) in [4.78, 5) is 12.3. The van der Waals surface area contributed by atoms with Crippen LogP contribution in [0.4, 0.5) is 5.69 Å². The number of hydrogen-bond donors (Lipinski definition) is 1. The molecule has 0 amide bonds. The fourth-order valence-electron chi connectivity index (χ4n) is 1.69. The molecule has 0 aliphatic rings.